The minimum Gasteiger partial charge on any atom is -0.351 e. The van der Waals surface area contributed by atoms with Crippen molar-refractivity contribution < 1.29 is 9.59 Å². The molecule has 4 rings (SSSR count). The van der Waals surface area contributed by atoms with Crippen LogP contribution < -0.4 is 16.0 Å². The molecule has 0 saturated carbocycles. The molecule has 0 saturated heterocycles. The van der Waals surface area contributed by atoms with Crippen molar-refractivity contribution in [2.75, 3.05) is 39.0 Å². The fourth-order valence-electron chi connectivity index (χ4n) is 3.48. The summed E-state index contributed by atoms with van der Waals surface area (Å²) in [6, 6.07) is 11.2. The molecular weight excluding hydrogens is 462 g/mol. The van der Waals surface area contributed by atoms with Crippen LogP contribution in [-0.4, -0.2) is 65.5 Å². The van der Waals surface area contributed by atoms with E-state index in [4.69, 9.17) is 0 Å². The molecule has 0 aliphatic carbocycles. The molecule has 10 heteroatoms. The number of rotatable bonds is 8. The molecule has 4 aromatic rings. The van der Waals surface area contributed by atoms with Crippen LogP contribution in [0.2, 0.25) is 0 Å². The maximum Gasteiger partial charge on any atom is 0.321 e. The van der Waals surface area contributed by atoms with Crippen molar-refractivity contribution in [2.24, 2.45) is 0 Å². The molecule has 180 valence electrons. The third-order valence-corrected chi connectivity index (χ3v) is 6.19. The predicted octanol–water partition coefficient (Wildman–Crippen LogP) is 3.85. The SMILES string of the molecule is CCNC(=O)Nc1nc2cc(-c3cncc(C(=O)NCCN(C)C)c3)cc(-c3ccccn3)c2s1. The van der Waals surface area contributed by atoms with Crippen molar-refractivity contribution in [2.45, 2.75) is 6.92 Å². The van der Waals surface area contributed by atoms with E-state index in [0.717, 1.165) is 39.1 Å². The van der Waals surface area contributed by atoms with Crippen molar-refractivity contribution >= 4 is 38.6 Å². The highest BCUT2D eigenvalue weighted by molar-refractivity contribution is 7.22. The molecule has 0 aliphatic heterocycles. The zero-order valence-electron chi connectivity index (χ0n) is 19.8. The standard InChI is InChI=1S/C25H27N7O2S/c1-4-27-24(34)31-25-30-21-13-16(12-19(22(21)35-25)20-7-5-6-8-28-20)17-11-18(15-26-14-17)23(33)29-9-10-32(2)3/h5-8,11-15H,4,9-10H2,1-3H3,(H,29,33)(H2,27,30,31,34). The van der Waals surface area contributed by atoms with E-state index in [2.05, 4.69) is 30.9 Å². The van der Waals surface area contributed by atoms with Gasteiger partial charge in [0.1, 0.15) is 0 Å². The predicted molar refractivity (Wildman–Crippen MR) is 140 cm³/mol. The Morgan fingerprint density at radius 1 is 1.06 bits per heavy atom. The second-order valence-corrected chi connectivity index (χ2v) is 9.11. The van der Waals surface area contributed by atoms with Gasteiger partial charge in [0.15, 0.2) is 5.13 Å². The summed E-state index contributed by atoms with van der Waals surface area (Å²) in [5.74, 6) is -0.172. The zero-order chi connectivity index (χ0) is 24.8. The van der Waals surface area contributed by atoms with E-state index in [-0.39, 0.29) is 11.9 Å². The second-order valence-electron chi connectivity index (χ2n) is 8.11. The minimum absolute atomic E-state index is 0.172. The van der Waals surface area contributed by atoms with Crippen molar-refractivity contribution in [3.05, 3.63) is 60.6 Å². The van der Waals surface area contributed by atoms with Gasteiger partial charge in [-0.25, -0.2) is 9.78 Å². The Bertz CT molecular complexity index is 1340. The first-order valence-electron chi connectivity index (χ1n) is 11.2. The molecule has 0 bridgehead atoms. The van der Waals surface area contributed by atoms with Crippen LogP contribution in [0.5, 0.6) is 0 Å². The van der Waals surface area contributed by atoms with Crippen molar-refractivity contribution in [1.29, 1.82) is 0 Å². The van der Waals surface area contributed by atoms with Crippen LogP contribution in [0.4, 0.5) is 9.93 Å². The molecule has 3 heterocycles. The minimum atomic E-state index is -0.302. The van der Waals surface area contributed by atoms with Crippen LogP contribution in [0.1, 0.15) is 17.3 Å². The molecule has 0 atom stereocenters. The number of fused-ring (bicyclic) bond motifs is 1. The quantitative estimate of drug-likeness (QED) is 0.347. The summed E-state index contributed by atoms with van der Waals surface area (Å²) in [5, 5.41) is 8.92. The average Bonchev–Trinajstić information content (AvgIpc) is 3.26. The number of carbonyl (C=O) groups is 2. The van der Waals surface area contributed by atoms with Gasteiger partial charge in [-0.1, -0.05) is 17.4 Å². The number of benzene rings is 1. The van der Waals surface area contributed by atoms with Gasteiger partial charge in [0.25, 0.3) is 5.91 Å². The van der Waals surface area contributed by atoms with Gasteiger partial charge in [-0.05, 0) is 56.9 Å². The fourth-order valence-corrected chi connectivity index (χ4v) is 4.45. The lowest BCUT2D eigenvalue weighted by molar-refractivity contribution is 0.0950. The van der Waals surface area contributed by atoms with Crippen LogP contribution in [-0.2, 0) is 0 Å². The molecule has 0 aliphatic rings. The highest BCUT2D eigenvalue weighted by Crippen LogP contribution is 2.38. The Hall–Kier alpha value is -3.89. The van der Waals surface area contributed by atoms with E-state index in [1.807, 2.05) is 62.3 Å². The average molecular weight is 490 g/mol. The molecule has 3 N–H and O–H groups in total. The van der Waals surface area contributed by atoms with Crippen LogP contribution in [0.25, 0.3) is 32.6 Å². The van der Waals surface area contributed by atoms with E-state index in [1.165, 1.54) is 11.3 Å². The van der Waals surface area contributed by atoms with Crippen molar-refractivity contribution in [1.82, 2.24) is 30.5 Å². The number of likely N-dealkylation sites (N-methyl/N-ethyl adjacent to an activating group) is 1. The summed E-state index contributed by atoms with van der Waals surface area (Å²) in [4.78, 5) is 40.1. The van der Waals surface area contributed by atoms with Gasteiger partial charge in [-0.15, -0.1) is 0 Å². The number of urea groups is 1. The van der Waals surface area contributed by atoms with Crippen molar-refractivity contribution in [3.8, 4) is 22.4 Å². The monoisotopic (exact) mass is 489 g/mol. The zero-order valence-corrected chi connectivity index (χ0v) is 20.6. The number of anilines is 1. The summed E-state index contributed by atoms with van der Waals surface area (Å²) in [5.41, 5.74) is 4.52. The third-order valence-electron chi connectivity index (χ3n) is 5.17. The van der Waals surface area contributed by atoms with Crippen LogP contribution in [0.15, 0.2) is 55.0 Å². The van der Waals surface area contributed by atoms with E-state index < -0.39 is 0 Å². The molecule has 35 heavy (non-hydrogen) atoms. The molecule has 0 spiro atoms. The highest BCUT2D eigenvalue weighted by atomic mass is 32.1. The van der Waals surface area contributed by atoms with Gasteiger partial charge in [-0.3, -0.25) is 20.1 Å². The first-order valence-corrected chi connectivity index (χ1v) is 12.1. The van der Waals surface area contributed by atoms with Gasteiger partial charge in [0.2, 0.25) is 0 Å². The smallest absolute Gasteiger partial charge is 0.321 e. The van der Waals surface area contributed by atoms with Gasteiger partial charge in [-0.2, -0.15) is 0 Å². The summed E-state index contributed by atoms with van der Waals surface area (Å²) >= 11 is 1.39. The van der Waals surface area contributed by atoms with Gasteiger partial charge < -0.3 is 15.5 Å². The number of thiazole rings is 1. The van der Waals surface area contributed by atoms with E-state index >= 15 is 0 Å². The van der Waals surface area contributed by atoms with Crippen LogP contribution in [0.3, 0.4) is 0 Å². The Kier molecular flexibility index (Phi) is 7.64. The molecule has 0 unspecified atom stereocenters. The number of nitrogens with one attached hydrogen (secondary N) is 3. The summed E-state index contributed by atoms with van der Waals surface area (Å²) in [7, 11) is 3.92. The molecule has 3 amide bonds. The Balaban J connectivity index is 1.73. The molecule has 9 nitrogen and oxygen atoms in total. The fraction of sp³-hybridized carbons (Fsp3) is 0.240. The topological polar surface area (TPSA) is 112 Å². The Morgan fingerprint density at radius 3 is 2.66 bits per heavy atom. The maximum absolute atomic E-state index is 12.6. The highest BCUT2D eigenvalue weighted by Gasteiger charge is 2.16. The number of hydrogen-bond acceptors (Lipinski definition) is 7. The number of hydrogen-bond donors (Lipinski definition) is 3. The third kappa shape index (κ3) is 5.97. The van der Waals surface area contributed by atoms with Gasteiger partial charge in [0, 0.05) is 49.4 Å². The Morgan fingerprint density at radius 2 is 1.91 bits per heavy atom. The molecule has 0 fully saturated rings. The van der Waals surface area contributed by atoms with Gasteiger partial charge in [0.05, 0.1) is 21.5 Å². The first-order chi connectivity index (χ1) is 16.9. The lowest BCUT2D eigenvalue weighted by atomic mass is 10.0. The molecular formula is C25H27N7O2S. The molecule has 0 radical (unpaired) electrons. The molecule has 3 aromatic heterocycles. The Labute approximate surface area is 207 Å². The van der Waals surface area contributed by atoms with E-state index in [0.29, 0.717) is 23.8 Å². The number of amides is 3. The van der Waals surface area contributed by atoms with Gasteiger partial charge >= 0.3 is 6.03 Å². The van der Waals surface area contributed by atoms with Crippen LogP contribution >= 0.6 is 11.3 Å². The summed E-state index contributed by atoms with van der Waals surface area (Å²) in [6.45, 7) is 3.67. The van der Waals surface area contributed by atoms with Crippen molar-refractivity contribution in [3.63, 3.8) is 0 Å². The first kappa shape index (κ1) is 24.2. The lowest BCUT2D eigenvalue weighted by Gasteiger charge is -2.11. The summed E-state index contributed by atoms with van der Waals surface area (Å²) in [6.07, 6.45) is 5.02. The number of carbonyl (C=O) groups excluding carboxylic acids is 2. The van der Waals surface area contributed by atoms with E-state index in [1.54, 1.807) is 18.6 Å². The normalized spacial score (nSPS) is 11.0. The lowest BCUT2D eigenvalue weighted by Crippen LogP contribution is -2.31. The number of aromatic nitrogens is 3. The van der Waals surface area contributed by atoms with E-state index in [9.17, 15) is 9.59 Å². The summed E-state index contributed by atoms with van der Waals surface area (Å²) < 4.78 is 0.907. The maximum atomic E-state index is 12.6. The number of pyridine rings is 2. The number of nitrogens with zero attached hydrogens (tertiary/aromatic N) is 4. The second kappa shape index (κ2) is 11.0. The van der Waals surface area contributed by atoms with Crippen LogP contribution in [0, 0.1) is 0 Å². The largest absolute Gasteiger partial charge is 0.351 e. The molecule has 1 aromatic carbocycles.